The SMILES string of the molecule is C[C@@]1(C(=O)NC2CCCCCCC2)Cn2c(cc3ccccc32)C(=O)N1Cc1ccc2c(c1)OCO2. The van der Waals surface area contributed by atoms with Crippen molar-refractivity contribution in [3.8, 4) is 11.5 Å². The predicted molar refractivity (Wildman–Crippen MR) is 137 cm³/mol. The first-order chi connectivity index (χ1) is 17.5. The van der Waals surface area contributed by atoms with E-state index in [1.54, 1.807) is 4.90 Å². The zero-order valence-corrected chi connectivity index (χ0v) is 20.8. The fraction of sp³-hybridized carbons (Fsp3) is 0.448. The maximum Gasteiger partial charge on any atom is 0.271 e. The number of carbonyl (C=O) groups excluding carboxylic acids is 2. The van der Waals surface area contributed by atoms with Crippen LogP contribution in [0.5, 0.6) is 11.5 Å². The summed E-state index contributed by atoms with van der Waals surface area (Å²) in [6, 6.07) is 15.8. The summed E-state index contributed by atoms with van der Waals surface area (Å²) in [5.41, 5.74) is 1.47. The number of amides is 2. The van der Waals surface area contributed by atoms with Crippen molar-refractivity contribution in [2.24, 2.45) is 0 Å². The summed E-state index contributed by atoms with van der Waals surface area (Å²) in [6.07, 6.45) is 7.97. The normalized spacial score (nSPS) is 22.2. The molecule has 1 atom stereocenters. The van der Waals surface area contributed by atoms with Crippen molar-refractivity contribution in [3.05, 3.63) is 59.8 Å². The van der Waals surface area contributed by atoms with Gasteiger partial charge in [0.15, 0.2) is 11.5 Å². The lowest BCUT2D eigenvalue weighted by molar-refractivity contribution is -0.134. The largest absolute Gasteiger partial charge is 0.454 e. The number of para-hydroxylation sites is 1. The Bertz CT molecular complexity index is 1310. The number of aromatic nitrogens is 1. The molecular formula is C29H33N3O4. The van der Waals surface area contributed by atoms with E-state index in [0.29, 0.717) is 30.3 Å². The fourth-order valence-electron chi connectivity index (χ4n) is 5.92. The first kappa shape index (κ1) is 23.0. The monoisotopic (exact) mass is 487 g/mol. The van der Waals surface area contributed by atoms with E-state index in [4.69, 9.17) is 9.47 Å². The Morgan fingerprint density at radius 1 is 1.00 bits per heavy atom. The van der Waals surface area contributed by atoms with Gasteiger partial charge in [0.2, 0.25) is 12.7 Å². The second-order valence-electron chi connectivity index (χ2n) is 10.5. The highest BCUT2D eigenvalue weighted by Gasteiger charge is 2.48. The molecule has 6 rings (SSSR count). The minimum Gasteiger partial charge on any atom is -0.454 e. The van der Waals surface area contributed by atoms with Gasteiger partial charge in [-0.2, -0.15) is 0 Å². The number of rotatable bonds is 4. The molecular weight excluding hydrogens is 454 g/mol. The standard InChI is InChI=1S/C29H33N3O4/c1-29(28(34)30-22-10-5-3-2-4-6-11-22)18-31-23-12-8-7-9-21(23)16-24(31)27(33)32(29)17-20-13-14-25-26(15-20)36-19-35-25/h7-9,12-16,22H,2-6,10-11,17-19H2,1H3,(H,30,34)/t29-/m0/s1. The fourth-order valence-corrected chi connectivity index (χ4v) is 5.92. The number of nitrogens with one attached hydrogen (secondary N) is 1. The van der Waals surface area contributed by atoms with E-state index >= 15 is 0 Å². The van der Waals surface area contributed by atoms with Gasteiger partial charge in [0.05, 0.1) is 6.54 Å². The minimum absolute atomic E-state index is 0.0782. The molecule has 1 fully saturated rings. The highest BCUT2D eigenvalue weighted by atomic mass is 16.7. The van der Waals surface area contributed by atoms with Gasteiger partial charge in [-0.15, -0.1) is 0 Å². The van der Waals surface area contributed by atoms with Gasteiger partial charge < -0.3 is 24.3 Å². The molecule has 2 aromatic carbocycles. The molecule has 1 aliphatic carbocycles. The Hall–Kier alpha value is -3.48. The molecule has 3 aliphatic rings. The van der Waals surface area contributed by atoms with Crippen LogP contribution in [0.2, 0.25) is 0 Å². The molecule has 2 amide bonds. The molecule has 1 aromatic heterocycles. The molecule has 0 bridgehead atoms. The van der Waals surface area contributed by atoms with Crippen LogP contribution in [0.25, 0.3) is 10.9 Å². The molecule has 3 aromatic rings. The van der Waals surface area contributed by atoms with Crippen molar-refractivity contribution >= 4 is 22.7 Å². The van der Waals surface area contributed by atoms with Crippen molar-refractivity contribution in [3.63, 3.8) is 0 Å². The van der Waals surface area contributed by atoms with Gasteiger partial charge in [-0.05, 0) is 49.6 Å². The highest BCUT2D eigenvalue weighted by molar-refractivity contribution is 6.03. The molecule has 0 saturated heterocycles. The third-order valence-electron chi connectivity index (χ3n) is 8.04. The van der Waals surface area contributed by atoms with Crippen LogP contribution in [0.15, 0.2) is 48.5 Å². The van der Waals surface area contributed by atoms with E-state index in [-0.39, 0.29) is 24.6 Å². The maximum atomic E-state index is 14.0. The van der Waals surface area contributed by atoms with Crippen LogP contribution in [0.3, 0.4) is 0 Å². The van der Waals surface area contributed by atoms with E-state index in [0.717, 1.165) is 42.1 Å². The molecule has 2 aliphatic heterocycles. The summed E-state index contributed by atoms with van der Waals surface area (Å²) in [6.45, 7) is 2.83. The lowest BCUT2D eigenvalue weighted by Crippen LogP contribution is -2.64. The van der Waals surface area contributed by atoms with Crippen molar-refractivity contribution in [1.29, 1.82) is 0 Å². The zero-order valence-electron chi connectivity index (χ0n) is 20.8. The Morgan fingerprint density at radius 3 is 2.58 bits per heavy atom. The molecule has 36 heavy (non-hydrogen) atoms. The van der Waals surface area contributed by atoms with Crippen LogP contribution >= 0.6 is 0 Å². The summed E-state index contributed by atoms with van der Waals surface area (Å²) in [4.78, 5) is 29.8. The summed E-state index contributed by atoms with van der Waals surface area (Å²) >= 11 is 0. The average molecular weight is 488 g/mol. The first-order valence-electron chi connectivity index (χ1n) is 13.1. The van der Waals surface area contributed by atoms with Gasteiger partial charge in [0.1, 0.15) is 11.2 Å². The average Bonchev–Trinajstić information content (AvgIpc) is 3.47. The van der Waals surface area contributed by atoms with Gasteiger partial charge in [0.25, 0.3) is 5.91 Å². The van der Waals surface area contributed by atoms with E-state index in [9.17, 15) is 9.59 Å². The van der Waals surface area contributed by atoms with Crippen LogP contribution in [0, 0.1) is 0 Å². The Morgan fingerprint density at radius 2 is 1.75 bits per heavy atom. The molecule has 7 heteroatoms. The molecule has 0 radical (unpaired) electrons. The Balaban J connectivity index is 1.36. The third-order valence-corrected chi connectivity index (χ3v) is 8.04. The number of nitrogens with zero attached hydrogens (tertiary/aromatic N) is 2. The smallest absolute Gasteiger partial charge is 0.271 e. The summed E-state index contributed by atoms with van der Waals surface area (Å²) < 4.78 is 13.0. The van der Waals surface area contributed by atoms with Gasteiger partial charge in [-0.1, -0.05) is 56.4 Å². The first-order valence-corrected chi connectivity index (χ1v) is 13.1. The summed E-state index contributed by atoms with van der Waals surface area (Å²) in [5.74, 6) is 1.16. The van der Waals surface area contributed by atoms with Crippen LogP contribution < -0.4 is 14.8 Å². The van der Waals surface area contributed by atoms with E-state index < -0.39 is 5.54 Å². The number of carbonyl (C=O) groups is 2. The second-order valence-corrected chi connectivity index (χ2v) is 10.5. The van der Waals surface area contributed by atoms with E-state index in [2.05, 4.69) is 5.32 Å². The summed E-state index contributed by atoms with van der Waals surface area (Å²) in [5, 5.41) is 4.36. The number of hydrogen-bond donors (Lipinski definition) is 1. The van der Waals surface area contributed by atoms with Crippen molar-refractivity contribution in [2.75, 3.05) is 6.79 Å². The van der Waals surface area contributed by atoms with Gasteiger partial charge >= 0.3 is 0 Å². The number of benzene rings is 2. The van der Waals surface area contributed by atoms with Crippen molar-refractivity contribution in [1.82, 2.24) is 14.8 Å². The third kappa shape index (κ3) is 4.00. The quantitative estimate of drug-likeness (QED) is 0.561. The van der Waals surface area contributed by atoms with Crippen molar-refractivity contribution in [2.45, 2.75) is 76.5 Å². The Labute approximate surface area is 211 Å². The molecule has 1 N–H and O–H groups in total. The minimum atomic E-state index is -1.04. The molecule has 1 saturated carbocycles. The number of hydrogen-bond acceptors (Lipinski definition) is 4. The lowest BCUT2D eigenvalue weighted by atomic mass is 9.91. The highest BCUT2D eigenvalue weighted by Crippen LogP contribution is 2.36. The van der Waals surface area contributed by atoms with Crippen LogP contribution in [-0.4, -0.2) is 39.7 Å². The molecule has 0 spiro atoms. The Kier molecular flexibility index (Phi) is 5.86. The molecule has 3 heterocycles. The molecule has 188 valence electrons. The molecule has 0 unspecified atom stereocenters. The lowest BCUT2D eigenvalue weighted by Gasteiger charge is -2.44. The van der Waals surface area contributed by atoms with Crippen LogP contribution in [0.1, 0.15) is 67.9 Å². The molecule has 7 nitrogen and oxygen atoms in total. The van der Waals surface area contributed by atoms with Crippen LogP contribution in [0.4, 0.5) is 0 Å². The van der Waals surface area contributed by atoms with Gasteiger partial charge in [-0.3, -0.25) is 9.59 Å². The zero-order chi connectivity index (χ0) is 24.7. The predicted octanol–water partition coefficient (Wildman–Crippen LogP) is 5.01. The number of fused-ring (bicyclic) bond motifs is 4. The van der Waals surface area contributed by atoms with E-state index in [1.807, 2.05) is 60.0 Å². The van der Waals surface area contributed by atoms with E-state index in [1.165, 1.54) is 19.3 Å². The topological polar surface area (TPSA) is 72.8 Å². The van der Waals surface area contributed by atoms with Gasteiger partial charge in [0, 0.05) is 23.5 Å². The van der Waals surface area contributed by atoms with Crippen molar-refractivity contribution < 1.29 is 19.1 Å². The van der Waals surface area contributed by atoms with Gasteiger partial charge in [-0.25, -0.2) is 0 Å². The van der Waals surface area contributed by atoms with Crippen LogP contribution in [-0.2, 0) is 17.9 Å². The number of ether oxygens (including phenoxy) is 2. The summed E-state index contributed by atoms with van der Waals surface area (Å²) in [7, 11) is 0. The maximum absolute atomic E-state index is 14.0. The second kappa shape index (κ2) is 9.19.